The Hall–Kier alpha value is -2.71. The van der Waals surface area contributed by atoms with Crippen molar-refractivity contribution in [3.63, 3.8) is 0 Å². The molecule has 4 aromatic heterocycles. The number of nitrogens with two attached hydrogens (primary N) is 1. The molecular formula is C27H36N6OS. The number of nitrogens with zero attached hydrogens (tertiary/aromatic N) is 4. The standard InChI is InChI=1S/C27H36N6OS/c1-7-19-10-18(8-9-32(19)12-21(28)34)25-17(6)23-22(14(2)3)24(31-27(23)35-25)20-11-33-26(29-13-30-33)16(5)15(20)4/h11,13-14,18-19,31H,7-10,12H2,1-6H3,(H2,28,34)/t18-,19?/m1/s1. The Morgan fingerprint density at radius 1 is 1.26 bits per heavy atom. The van der Waals surface area contributed by atoms with Gasteiger partial charge in [-0.15, -0.1) is 11.3 Å². The van der Waals surface area contributed by atoms with Crippen molar-refractivity contribution in [3.05, 3.63) is 39.7 Å². The molecule has 0 spiro atoms. The molecule has 0 radical (unpaired) electrons. The summed E-state index contributed by atoms with van der Waals surface area (Å²) in [4.78, 5) is 24.8. The Morgan fingerprint density at radius 2 is 2.03 bits per heavy atom. The first-order valence-electron chi connectivity index (χ1n) is 12.7. The zero-order valence-electron chi connectivity index (χ0n) is 21.6. The molecule has 1 aliphatic rings. The van der Waals surface area contributed by atoms with Gasteiger partial charge in [-0.05, 0) is 80.7 Å². The normalized spacial score (nSPS) is 19.4. The molecule has 2 atom stereocenters. The van der Waals surface area contributed by atoms with Crippen LogP contribution < -0.4 is 5.73 Å². The number of aromatic nitrogens is 4. The highest BCUT2D eigenvalue weighted by Gasteiger charge is 2.32. The minimum absolute atomic E-state index is 0.230. The molecule has 35 heavy (non-hydrogen) atoms. The fourth-order valence-corrected chi connectivity index (χ4v) is 7.43. The molecule has 0 saturated carbocycles. The van der Waals surface area contributed by atoms with Gasteiger partial charge in [-0.25, -0.2) is 9.50 Å². The molecule has 3 N–H and O–H groups in total. The maximum absolute atomic E-state index is 11.5. The van der Waals surface area contributed by atoms with E-state index >= 15 is 0 Å². The largest absolute Gasteiger partial charge is 0.369 e. The summed E-state index contributed by atoms with van der Waals surface area (Å²) in [5.41, 5.74) is 14.0. The molecule has 4 aromatic rings. The van der Waals surface area contributed by atoms with Crippen LogP contribution in [-0.2, 0) is 4.79 Å². The van der Waals surface area contributed by atoms with Crippen LogP contribution in [0.5, 0.6) is 0 Å². The van der Waals surface area contributed by atoms with Crippen LogP contribution in [0.25, 0.3) is 27.1 Å². The van der Waals surface area contributed by atoms with Gasteiger partial charge in [0, 0.05) is 28.1 Å². The van der Waals surface area contributed by atoms with Crippen LogP contribution in [0, 0.1) is 20.8 Å². The molecule has 8 heteroatoms. The third-order valence-electron chi connectivity index (χ3n) is 7.97. The summed E-state index contributed by atoms with van der Waals surface area (Å²) in [6.07, 6.45) is 6.92. The summed E-state index contributed by atoms with van der Waals surface area (Å²) in [5, 5.41) is 5.80. The molecule has 186 valence electrons. The maximum atomic E-state index is 11.5. The number of piperidine rings is 1. The second kappa shape index (κ2) is 9.06. The van der Waals surface area contributed by atoms with Crippen LogP contribution in [0.3, 0.4) is 0 Å². The third-order valence-corrected chi connectivity index (χ3v) is 9.34. The lowest BCUT2D eigenvalue weighted by atomic mass is 9.86. The quantitative estimate of drug-likeness (QED) is 0.375. The van der Waals surface area contributed by atoms with Gasteiger partial charge in [0.25, 0.3) is 0 Å². The van der Waals surface area contributed by atoms with Crippen molar-refractivity contribution in [2.45, 2.75) is 78.7 Å². The second-order valence-electron chi connectivity index (χ2n) is 10.4. The lowest BCUT2D eigenvalue weighted by molar-refractivity contribution is -0.120. The van der Waals surface area contributed by atoms with Crippen molar-refractivity contribution in [1.82, 2.24) is 24.5 Å². The fraction of sp³-hybridized carbons (Fsp3) is 0.519. The zero-order valence-corrected chi connectivity index (χ0v) is 22.4. The molecule has 1 saturated heterocycles. The van der Waals surface area contributed by atoms with Gasteiger partial charge in [0.2, 0.25) is 5.91 Å². The minimum atomic E-state index is -0.230. The Balaban J connectivity index is 1.58. The molecular weight excluding hydrogens is 456 g/mol. The number of fused-ring (bicyclic) bond motifs is 2. The summed E-state index contributed by atoms with van der Waals surface area (Å²) in [6.45, 7) is 14.7. The van der Waals surface area contributed by atoms with E-state index in [1.54, 1.807) is 6.33 Å². The Morgan fingerprint density at radius 3 is 2.71 bits per heavy atom. The number of likely N-dealkylation sites (tertiary alicyclic amines) is 1. The van der Waals surface area contributed by atoms with Gasteiger partial charge in [-0.1, -0.05) is 20.8 Å². The molecule has 0 aliphatic carbocycles. The first-order valence-corrected chi connectivity index (χ1v) is 13.5. The highest BCUT2D eigenvalue weighted by Crippen LogP contribution is 2.47. The van der Waals surface area contributed by atoms with Gasteiger partial charge in [0.1, 0.15) is 11.2 Å². The smallest absolute Gasteiger partial charge is 0.231 e. The summed E-state index contributed by atoms with van der Waals surface area (Å²) in [6, 6.07) is 0.404. The number of carbonyl (C=O) groups is 1. The van der Waals surface area contributed by atoms with E-state index in [9.17, 15) is 4.79 Å². The van der Waals surface area contributed by atoms with E-state index in [2.05, 4.69) is 67.7 Å². The van der Waals surface area contributed by atoms with E-state index < -0.39 is 0 Å². The van der Waals surface area contributed by atoms with Crippen LogP contribution in [0.4, 0.5) is 0 Å². The molecule has 0 bridgehead atoms. The number of H-pyrrole nitrogens is 1. The molecule has 5 heterocycles. The Kier molecular flexibility index (Phi) is 6.21. The predicted octanol–water partition coefficient (Wildman–Crippen LogP) is 5.43. The molecule has 0 aromatic carbocycles. The zero-order chi connectivity index (χ0) is 25.0. The van der Waals surface area contributed by atoms with E-state index in [1.165, 1.54) is 48.6 Å². The van der Waals surface area contributed by atoms with E-state index in [0.717, 1.165) is 31.5 Å². The van der Waals surface area contributed by atoms with Crippen LogP contribution in [0.2, 0.25) is 0 Å². The number of thiophene rings is 1. The van der Waals surface area contributed by atoms with E-state index in [0.29, 0.717) is 24.4 Å². The number of primary amides is 1. The lowest BCUT2D eigenvalue weighted by Gasteiger charge is -2.38. The molecule has 1 unspecified atom stereocenters. The minimum Gasteiger partial charge on any atom is -0.369 e. The number of carbonyl (C=O) groups excluding carboxylic acids is 1. The average Bonchev–Trinajstić information content (AvgIpc) is 3.51. The fourth-order valence-electron chi connectivity index (χ4n) is 6.05. The summed E-state index contributed by atoms with van der Waals surface area (Å²) in [7, 11) is 0. The molecule has 7 nitrogen and oxygen atoms in total. The number of pyridine rings is 1. The average molecular weight is 493 g/mol. The van der Waals surface area contributed by atoms with Gasteiger partial charge in [0.05, 0.1) is 12.2 Å². The third kappa shape index (κ3) is 3.96. The maximum Gasteiger partial charge on any atom is 0.231 e. The summed E-state index contributed by atoms with van der Waals surface area (Å²) < 4.78 is 1.89. The van der Waals surface area contributed by atoms with E-state index in [1.807, 2.05) is 15.9 Å². The number of hydrogen-bond acceptors (Lipinski definition) is 5. The lowest BCUT2D eigenvalue weighted by Crippen LogP contribution is -2.45. The van der Waals surface area contributed by atoms with Gasteiger partial charge < -0.3 is 10.7 Å². The monoisotopic (exact) mass is 492 g/mol. The van der Waals surface area contributed by atoms with Gasteiger partial charge in [-0.3, -0.25) is 9.69 Å². The highest BCUT2D eigenvalue weighted by molar-refractivity contribution is 7.19. The van der Waals surface area contributed by atoms with Crippen molar-refractivity contribution in [1.29, 1.82) is 0 Å². The predicted molar refractivity (Wildman–Crippen MR) is 143 cm³/mol. The van der Waals surface area contributed by atoms with Crippen molar-refractivity contribution >= 4 is 33.1 Å². The number of rotatable bonds is 6. The van der Waals surface area contributed by atoms with Crippen LogP contribution in [0.1, 0.15) is 79.0 Å². The van der Waals surface area contributed by atoms with Crippen LogP contribution in [0.15, 0.2) is 12.5 Å². The van der Waals surface area contributed by atoms with Crippen molar-refractivity contribution in [3.8, 4) is 11.3 Å². The number of nitrogens with one attached hydrogen (secondary N) is 1. The molecule has 1 fully saturated rings. The highest BCUT2D eigenvalue weighted by atomic mass is 32.1. The summed E-state index contributed by atoms with van der Waals surface area (Å²) >= 11 is 1.92. The van der Waals surface area contributed by atoms with Crippen LogP contribution >= 0.6 is 11.3 Å². The first-order chi connectivity index (χ1) is 16.7. The number of aryl methyl sites for hydroxylation is 2. The number of hydrogen-bond donors (Lipinski definition) is 2. The Bertz CT molecular complexity index is 1410. The van der Waals surface area contributed by atoms with Crippen molar-refractivity contribution in [2.24, 2.45) is 5.73 Å². The van der Waals surface area contributed by atoms with Gasteiger partial charge in [0.15, 0.2) is 5.65 Å². The molecule has 1 aliphatic heterocycles. The summed E-state index contributed by atoms with van der Waals surface area (Å²) in [5.74, 6) is 0.673. The van der Waals surface area contributed by atoms with E-state index in [4.69, 9.17) is 5.73 Å². The van der Waals surface area contributed by atoms with Crippen LogP contribution in [-0.4, -0.2) is 49.5 Å². The first kappa shape index (κ1) is 24.0. The Labute approximate surface area is 210 Å². The van der Waals surface area contributed by atoms with E-state index in [-0.39, 0.29) is 5.91 Å². The van der Waals surface area contributed by atoms with Gasteiger partial charge in [-0.2, -0.15) is 5.10 Å². The van der Waals surface area contributed by atoms with Gasteiger partial charge >= 0.3 is 0 Å². The van der Waals surface area contributed by atoms with Crippen molar-refractivity contribution < 1.29 is 4.79 Å². The topological polar surface area (TPSA) is 92.3 Å². The molecule has 5 rings (SSSR count). The number of aromatic amines is 1. The number of amides is 1. The SMILES string of the molecule is CCC1C[C@H](c2sc3[nH]c(-c4cn5ncnc5c(C)c4C)c(C(C)C)c3c2C)CCN1CC(N)=O. The molecule has 1 amide bonds. The second-order valence-corrected chi connectivity index (χ2v) is 11.5. The van der Waals surface area contributed by atoms with Crippen molar-refractivity contribution in [2.75, 3.05) is 13.1 Å².